The molecule has 1 N–H and O–H groups in total. The van der Waals surface area contributed by atoms with E-state index < -0.39 is 0 Å². The molecule has 1 unspecified atom stereocenters. The van der Waals surface area contributed by atoms with E-state index in [9.17, 15) is 0 Å². The van der Waals surface area contributed by atoms with E-state index in [1.807, 2.05) is 19.6 Å². The fraction of sp³-hybridized carbons (Fsp3) is 0.533. The Hall–Kier alpha value is -1.55. The Labute approximate surface area is 115 Å². The summed E-state index contributed by atoms with van der Waals surface area (Å²) in [4.78, 5) is 4.15. The first kappa shape index (κ1) is 13.9. The molecule has 4 heteroatoms. The van der Waals surface area contributed by atoms with Crippen molar-refractivity contribution in [3.8, 4) is 0 Å². The maximum Gasteiger partial charge on any atom is 0.0946 e. The van der Waals surface area contributed by atoms with E-state index in [1.165, 1.54) is 11.3 Å². The van der Waals surface area contributed by atoms with Crippen LogP contribution in [0.15, 0.2) is 31.0 Å². The van der Waals surface area contributed by atoms with Crippen molar-refractivity contribution in [2.45, 2.75) is 33.4 Å². The molecule has 104 valence electrons. The molecule has 0 amide bonds. The van der Waals surface area contributed by atoms with Gasteiger partial charge in [0, 0.05) is 31.7 Å². The van der Waals surface area contributed by atoms with Crippen molar-refractivity contribution in [3.05, 3.63) is 42.2 Å². The monoisotopic (exact) mass is 260 g/mol. The van der Waals surface area contributed by atoms with Crippen molar-refractivity contribution < 1.29 is 0 Å². The molecular formula is C15H24N4. The SMILES string of the molecule is CCNC(c1ccn(Cc2cncn2C)c1)C(C)C. The third-order valence-corrected chi connectivity index (χ3v) is 3.48. The second kappa shape index (κ2) is 6.06. The Morgan fingerprint density at radius 2 is 2.16 bits per heavy atom. The predicted molar refractivity (Wildman–Crippen MR) is 78.0 cm³/mol. The molecule has 2 heterocycles. The number of imidazole rings is 1. The number of hydrogen-bond donors (Lipinski definition) is 1. The Morgan fingerprint density at radius 3 is 2.74 bits per heavy atom. The lowest BCUT2D eigenvalue weighted by molar-refractivity contribution is 0.421. The zero-order valence-electron chi connectivity index (χ0n) is 12.3. The molecule has 19 heavy (non-hydrogen) atoms. The smallest absolute Gasteiger partial charge is 0.0946 e. The van der Waals surface area contributed by atoms with Gasteiger partial charge >= 0.3 is 0 Å². The lowest BCUT2D eigenvalue weighted by Gasteiger charge is -2.20. The van der Waals surface area contributed by atoms with E-state index in [4.69, 9.17) is 0 Å². The number of hydrogen-bond acceptors (Lipinski definition) is 2. The molecule has 1 atom stereocenters. The predicted octanol–water partition coefficient (Wildman–Crippen LogP) is 2.58. The minimum absolute atomic E-state index is 0.429. The Kier molecular flexibility index (Phi) is 4.43. The van der Waals surface area contributed by atoms with Gasteiger partial charge in [-0.25, -0.2) is 4.98 Å². The summed E-state index contributed by atoms with van der Waals surface area (Å²) < 4.78 is 4.28. The maximum atomic E-state index is 4.15. The third kappa shape index (κ3) is 3.26. The molecule has 0 saturated heterocycles. The van der Waals surface area contributed by atoms with Gasteiger partial charge in [0.1, 0.15) is 0 Å². The quantitative estimate of drug-likeness (QED) is 0.866. The Bertz CT molecular complexity index is 510. The van der Waals surface area contributed by atoms with Gasteiger partial charge in [-0.2, -0.15) is 0 Å². The van der Waals surface area contributed by atoms with Gasteiger partial charge in [-0.3, -0.25) is 0 Å². The van der Waals surface area contributed by atoms with Crippen LogP contribution in [-0.2, 0) is 13.6 Å². The number of nitrogens with zero attached hydrogens (tertiary/aromatic N) is 3. The highest BCUT2D eigenvalue weighted by molar-refractivity contribution is 5.17. The second-order valence-corrected chi connectivity index (χ2v) is 5.39. The largest absolute Gasteiger partial charge is 0.348 e. The second-order valence-electron chi connectivity index (χ2n) is 5.39. The van der Waals surface area contributed by atoms with Gasteiger partial charge in [0.25, 0.3) is 0 Å². The molecule has 0 spiro atoms. The molecule has 0 saturated carbocycles. The van der Waals surface area contributed by atoms with Crippen LogP contribution in [0.2, 0.25) is 0 Å². The van der Waals surface area contributed by atoms with Crippen LogP contribution in [-0.4, -0.2) is 20.7 Å². The number of rotatable bonds is 6. The average Bonchev–Trinajstić information content (AvgIpc) is 2.97. The molecule has 0 aromatic carbocycles. The van der Waals surface area contributed by atoms with Gasteiger partial charge in [-0.15, -0.1) is 0 Å². The molecule has 4 nitrogen and oxygen atoms in total. The van der Waals surface area contributed by atoms with E-state index in [2.05, 4.69) is 58.7 Å². The van der Waals surface area contributed by atoms with Gasteiger partial charge in [-0.05, 0) is 24.1 Å². The van der Waals surface area contributed by atoms with Crippen molar-refractivity contribution in [2.24, 2.45) is 13.0 Å². The van der Waals surface area contributed by atoms with Crippen LogP contribution in [0.1, 0.15) is 38.1 Å². The fourth-order valence-corrected chi connectivity index (χ4v) is 2.42. The van der Waals surface area contributed by atoms with Gasteiger partial charge in [0.15, 0.2) is 0 Å². The minimum Gasteiger partial charge on any atom is -0.348 e. The van der Waals surface area contributed by atoms with Crippen molar-refractivity contribution in [2.75, 3.05) is 6.54 Å². The molecule has 2 aromatic heterocycles. The average molecular weight is 260 g/mol. The minimum atomic E-state index is 0.429. The highest BCUT2D eigenvalue weighted by Gasteiger charge is 2.15. The summed E-state index contributed by atoms with van der Waals surface area (Å²) >= 11 is 0. The van der Waals surface area contributed by atoms with E-state index in [-0.39, 0.29) is 0 Å². The first-order chi connectivity index (χ1) is 9.11. The lowest BCUT2D eigenvalue weighted by atomic mass is 9.98. The summed E-state index contributed by atoms with van der Waals surface area (Å²) in [6, 6.07) is 2.64. The highest BCUT2D eigenvalue weighted by atomic mass is 15.1. The van der Waals surface area contributed by atoms with E-state index in [1.54, 1.807) is 0 Å². The first-order valence-corrected chi connectivity index (χ1v) is 6.96. The molecule has 0 fully saturated rings. The van der Waals surface area contributed by atoms with Gasteiger partial charge in [-0.1, -0.05) is 20.8 Å². The normalized spacial score (nSPS) is 13.1. The molecule has 2 aromatic rings. The number of aromatic nitrogens is 3. The third-order valence-electron chi connectivity index (χ3n) is 3.48. The summed E-state index contributed by atoms with van der Waals surface area (Å²) in [5.41, 5.74) is 2.57. The van der Waals surface area contributed by atoms with E-state index in [0.717, 1.165) is 13.1 Å². The van der Waals surface area contributed by atoms with Crippen LogP contribution in [0.5, 0.6) is 0 Å². The van der Waals surface area contributed by atoms with Gasteiger partial charge < -0.3 is 14.5 Å². The lowest BCUT2D eigenvalue weighted by Crippen LogP contribution is -2.25. The molecule has 0 bridgehead atoms. The first-order valence-electron chi connectivity index (χ1n) is 6.96. The molecule has 2 rings (SSSR count). The van der Waals surface area contributed by atoms with Crippen LogP contribution >= 0.6 is 0 Å². The highest BCUT2D eigenvalue weighted by Crippen LogP contribution is 2.22. The van der Waals surface area contributed by atoms with E-state index >= 15 is 0 Å². The van der Waals surface area contributed by atoms with Gasteiger partial charge in [0.05, 0.1) is 18.6 Å². The standard InChI is InChI=1S/C15H24N4/c1-5-17-15(12(2)3)13-6-7-19(9-13)10-14-8-16-11-18(14)4/h6-9,11-12,15,17H,5,10H2,1-4H3. The van der Waals surface area contributed by atoms with Crippen molar-refractivity contribution in [3.63, 3.8) is 0 Å². The molecule has 0 aliphatic heterocycles. The van der Waals surface area contributed by atoms with Crippen molar-refractivity contribution in [1.82, 2.24) is 19.4 Å². The zero-order valence-corrected chi connectivity index (χ0v) is 12.3. The Balaban J connectivity index is 2.12. The number of aryl methyl sites for hydroxylation is 1. The summed E-state index contributed by atoms with van der Waals surface area (Å²) in [6.07, 6.45) is 8.15. The van der Waals surface area contributed by atoms with E-state index in [0.29, 0.717) is 12.0 Å². The van der Waals surface area contributed by atoms with Crippen LogP contribution in [0.25, 0.3) is 0 Å². The summed E-state index contributed by atoms with van der Waals surface area (Å²) in [7, 11) is 2.03. The summed E-state index contributed by atoms with van der Waals surface area (Å²) in [5.74, 6) is 0.590. The molecule has 0 aliphatic rings. The fourth-order valence-electron chi connectivity index (χ4n) is 2.42. The molecule has 0 radical (unpaired) electrons. The molecular weight excluding hydrogens is 236 g/mol. The maximum absolute atomic E-state index is 4.15. The van der Waals surface area contributed by atoms with Crippen molar-refractivity contribution >= 4 is 0 Å². The van der Waals surface area contributed by atoms with Gasteiger partial charge in [0.2, 0.25) is 0 Å². The zero-order chi connectivity index (χ0) is 13.8. The van der Waals surface area contributed by atoms with Crippen LogP contribution in [0, 0.1) is 5.92 Å². The van der Waals surface area contributed by atoms with Crippen LogP contribution < -0.4 is 5.32 Å². The van der Waals surface area contributed by atoms with Crippen LogP contribution in [0.3, 0.4) is 0 Å². The Morgan fingerprint density at radius 1 is 1.37 bits per heavy atom. The van der Waals surface area contributed by atoms with Crippen molar-refractivity contribution in [1.29, 1.82) is 0 Å². The summed E-state index contributed by atoms with van der Waals surface area (Å²) in [6.45, 7) is 8.53. The van der Waals surface area contributed by atoms with Crippen LogP contribution in [0.4, 0.5) is 0 Å². The molecule has 0 aliphatic carbocycles. The topological polar surface area (TPSA) is 34.8 Å². The summed E-state index contributed by atoms with van der Waals surface area (Å²) in [5, 5.41) is 3.55. The number of nitrogens with one attached hydrogen (secondary N) is 1.